The van der Waals surface area contributed by atoms with E-state index in [4.69, 9.17) is 0 Å². The van der Waals surface area contributed by atoms with Crippen LogP contribution in [0, 0.1) is 0 Å². The van der Waals surface area contributed by atoms with Crippen LogP contribution in [0.5, 0.6) is 0 Å². The zero-order valence-corrected chi connectivity index (χ0v) is 19.2. The Hall–Kier alpha value is -2.68. The molecule has 3 amide bonds. The molecule has 2 aliphatic rings. The molecule has 1 unspecified atom stereocenters. The second-order valence-electron chi connectivity index (χ2n) is 8.44. The van der Waals surface area contributed by atoms with E-state index in [0.29, 0.717) is 12.2 Å². The average Bonchev–Trinajstić information content (AvgIpc) is 3.41. The van der Waals surface area contributed by atoms with Crippen molar-refractivity contribution in [1.82, 2.24) is 25.3 Å². The Balaban J connectivity index is 1.50. The number of fused-ring (bicyclic) bond motifs is 1. The van der Waals surface area contributed by atoms with Crippen molar-refractivity contribution in [2.75, 3.05) is 7.05 Å². The Morgan fingerprint density at radius 3 is 2.68 bits per heavy atom. The Morgan fingerprint density at radius 2 is 1.97 bits per heavy atom. The summed E-state index contributed by atoms with van der Waals surface area (Å²) in [7, 11) is 1.62. The van der Waals surface area contributed by atoms with Crippen molar-refractivity contribution in [3.05, 3.63) is 51.8 Å². The van der Waals surface area contributed by atoms with Gasteiger partial charge in [0.15, 0.2) is 5.69 Å². The molecule has 0 radical (unpaired) electrons. The van der Waals surface area contributed by atoms with Gasteiger partial charge in [0.2, 0.25) is 5.91 Å². The Labute approximate surface area is 189 Å². The molecule has 2 aromatic rings. The fraction of sp³-hybridized carbons (Fsp3) is 0.455. The van der Waals surface area contributed by atoms with Crippen LogP contribution in [0.3, 0.4) is 0 Å². The summed E-state index contributed by atoms with van der Waals surface area (Å²) in [6.45, 7) is 2.27. The molecule has 1 aliphatic carbocycles. The van der Waals surface area contributed by atoms with Crippen molar-refractivity contribution in [3.8, 4) is 0 Å². The third-order valence-corrected chi connectivity index (χ3v) is 7.08. The monoisotopic (exact) mass is 487 g/mol. The maximum absolute atomic E-state index is 13.0. The van der Waals surface area contributed by atoms with Crippen LogP contribution < -0.4 is 10.6 Å². The van der Waals surface area contributed by atoms with Crippen molar-refractivity contribution in [1.29, 1.82) is 0 Å². The van der Waals surface area contributed by atoms with E-state index in [-0.39, 0.29) is 36.0 Å². The highest BCUT2D eigenvalue weighted by molar-refractivity contribution is 9.10. The van der Waals surface area contributed by atoms with Gasteiger partial charge in [-0.1, -0.05) is 47.0 Å². The quantitative estimate of drug-likeness (QED) is 0.676. The number of hydrogen-bond acceptors (Lipinski definition) is 4. The van der Waals surface area contributed by atoms with E-state index < -0.39 is 5.54 Å². The number of benzene rings is 1. The average molecular weight is 488 g/mol. The highest BCUT2D eigenvalue weighted by atomic mass is 79.9. The van der Waals surface area contributed by atoms with Gasteiger partial charge in [-0.05, 0) is 31.4 Å². The van der Waals surface area contributed by atoms with Crippen LogP contribution in [0.2, 0.25) is 0 Å². The molecule has 1 atom stereocenters. The van der Waals surface area contributed by atoms with Crippen molar-refractivity contribution in [2.24, 2.45) is 0 Å². The second-order valence-corrected chi connectivity index (χ2v) is 9.29. The predicted molar refractivity (Wildman–Crippen MR) is 118 cm³/mol. The lowest BCUT2D eigenvalue weighted by atomic mass is 9.95. The van der Waals surface area contributed by atoms with Crippen molar-refractivity contribution >= 4 is 33.7 Å². The van der Waals surface area contributed by atoms with Gasteiger partial charge >= 0.3 is 0 Å². The lowest BCUT2D eigenvalue weighted by molar-refractivity contribution is -0.133. The van der Waals surface area contributed by atoms with Gasteiger partial charge in [0.1, 0.15) is 11.2 Å². The third kappa shape index (κ3) is 4.11. The lowest BCUT2D eigenvalue weighted by Crippen LogP contribution is -2.63. The number of rotatable bonds is 5. The zero-order chi connectivity index (χ0) is 22.2. The molecule has 31 heavy (non-hydrogen) atoms. The van der Waals surface area contributed by atoms with E-state index in [1.54, 1.807) is 14.0 Å². The van der Waals surface area contributed by atoms with Gasteiger partial charge in [-0.25, -0.2) is 0 Å². The number of carbonyl (C=O) groups excluding carboxylic acids is 3. The minimum Gasteiger partial charge on any atom is -0.351 e. The number of carbonyl (C=O) groups is 3. The number of hydrogen-bond donors (Lipinski definition) is 2. The van der Waals surface area contributed by atoms with E-state index in [1.807, 2.05) is 24.3 Å². The molecular weight excluding hydrogens is 462 g/mol. The van der Waals surface area contributed by atoms with Crippen LogP contribution in [0.4, 0.5) is 0 Å². The summed E-state index contributed by atoms with van der Waals surface area (Å²) in [5.41, 5.74) is 0.331. The normalized spacial score (nSPS) is 21.1. The molecule has 1 aromatic carbocycles. The number of nitrogens with one attached hydrogen (secondary N) is 2. The summed E-state index contributed by atoms with van der Waals surface area (Å²) in [6.07, 6.45) is 4.15. The second kappa shape index (κ2) is 8.45. The summed E-state index contributed by atoms with van der Waals surface area (Å²) in [6, 6.07) is 9.26. The molecule has 1 aromatic heterocycles. The highest BCUT2D eigenvalue weighted by Crippen LogP contribution is 2.27. The highest BCUT2D eigenvalue weighted by Gasteiger charge is 2.46. The summed E-state index contributed by atoms with van der Waals surface area (Å²) in [5, 5.41) is 10.3. The van der Waals surface area contributed by atoms with Crippen molar-refractivity contribution in [2.45, 2.75) is 57.3 Å². The zero-order valence-electron chi connectivity index (χ0n) is 17.7. The molecule has 0 spiro atoms. The Bertz CT molecular complexity index is 1030. The molecule has 0 bridgehead atoms. The minimum absolute atomic E-state index is 0.157. The van der Waals surface area contributed by atoms with Crippen LogP contribution in [0.25, 0.3) is 0 Å². The minimum atomic E-state index is -1.07. The molecule has 164 valence electrons. The van der Waals surface area contributed by atoms with Crippen molar-refractivity contribution < 1.29 is 14.4 Å². The smallest absolute Gasteiger partial charge is 0.272 e. The Morgan fingerprint density at radius 1 is 1.26 bits per heavy atom. The standard InChI is InChI=1S/C22H26BrN5O3/c1-22(21(31)25-15-8-4-5-9-15)13-28-18(20(30)27(22)2)11-17(26-28)19(29)24-12-14-7-3-6-10-16(14)23/h3,6-7,10-11,15H,4-5,8-9,12-13H2,1-2H3,(H,24,29)(H,25,31). The van der Waals surface area contributed by atoms with Gasteiger partial charge in [-0.3, -0.25) is 19.1 Å². The number of likely N-dealkylation sites (N-methyl/N-ethyl adjacent to an activating group) is 1. The van der Waals surface area contributed by atoms with E-state index >= 15 is 0 Å². The van der Waals surface area contributed by atoms with Gasteiger partial charge in [0, 0.05) is 30.2 Å². The lowest BCUT2D eigenvalue weighted by Gasteiger charge is -2.41. The molecule has 1 aliphatic heterocycles. The summed E-state index contributed by atoms with van der Waals surface area (Å²) in [4.78, 5) is 40.1. The van der Waals surface area contributed by atoms with Crippen LogP contribution in [0.15, 0.2) is 34.8 Å². The molecule has 2 heterocycles. The molecular formula is C22H26BrN5O3. The number of nitrogens with zero attached hydrogens (tertiary/aromatic N) is 3. The predicted octanol–water partition coefficient (Wildman–Crippen LogP) is 2.48. The topological polar surface area (TPSA) is 96.3 Å². The fourth-order valence-electron chi connectivity index (χ4n) is 4.16. The maximum Gasteiger partial charge on any atom is 0.272 e. The van der Waals surface area contributed by atoms with E-state index in [2.05, 4.69) is 31.7 Å². The van der Waals surface area contributed by atoms with E-state index in [9.17, 15) is 14.4 Å². The molecule has 8 nitrogen and oxygen atoms in total. The van der Waals surface area contributed by atoms with Crippen LogP contribution in [0.1, 0.15) is 59.1 Å². The number of amides is 3. The summed E-state index contributed by atoms with van der Waals surface area (Å²) in [5.74, 6) is -0.880. The van der Waals surface area contributed by atoms with Crippen LogP contribution in [-0.2, 0) is 17.9 Å². The molecule has 1 fully saturated rings. The van der Waals surface area contributed by atoms with Gasteiger partial charge in [0.05, 0.1) is 6.54 Å². The molecule has 9 heteroatoms. The summed E-state index contributed by atoms with van der Waals surface area (Å²) >= 11 is 3.46. The first-order chi connectivity index (χ1) is 14.8. The first-order valence-electron chi connectivity index (χ1n) is 10.5. The van der Waals surface area contributed by atoms with Gasteiger partial charge in [-0.15, -0.1) is 0 Å². The molecule has 4 rings (SSSR count). The van der Waals surface area contributed by atoms with Crippen molar-refractivity contribution in [3.63, 3.8) is 0 Å². The summed E-state index contributed by atoms with van der Waals surface area (Å²) < 4.78 is 2.38. The van der Waals surface area contributed by atoms with E-state index in [0.717, 1.165) is 35.7 Å². The molecule has 0 saturated heterocycles. The molecule has 2 N–H and O–H groups in total. The van der Waals surface area contributed by atoms with Gasteiger partial charge < -0.3 is 15.5 Å². The van der Waals surface area contributed by atoms with Gasteiger partial charge in [0.25, 0.3) is 11.8 Å². The maximum atomic E-state index is 13.0. The van der Waals surface area contributed by atoms with Crippen LogP contribution >= 0.6 is 15.9 Å². The fourth-order valence-corrected chi connectivity index (χ4v) is 4.58. The largest absolute Gasteiger partial charge is 0.351 e. The van der Waals surface area contributed by atoms with Crippen LogP contribution in [-0.4, -0.2) is 51.0 Å². The third-order valence-electron chi connectivity index (χ3n) is 6.31. The van der Waals surface area contributed by atoms with E-state index in [1.165, 1.54) is 15.6 Å². The number of aromatic nitrogens is 2. The van der Waals surface area contributed by atoms with Gasteiger partial charge in [-0.2, -0.15) is 5.10 Å². The first-order valence-corrected chi connectivity index (χ1v) is 11.3. The molecule has 1 saturated carbocycles. The SMILES string of the molecule is CN1C(=O)c2cc(C(=O)NCc3ccccc3Br)nn2CC1(C)C(=O)NC1CCCC1. The number of halogens is 1. The first kappa shape index (κ1) is 21.5. The Kier molecular flexibility index (Phi) is 5.88.